The quantitative estimate of drug-likeness (QED) is 0.759. The van der Waals surface area contributed by atoms with Gasteiger partial charge in [0.15, 0.2) is 0 Å². The van der Waals surface area contributed by atoms with E-state index >= 15 is 0 Å². The Morgan fingerprint density at radius 3 is 1.88 bits per heavy atom. The zero-order valence-corrected chi connectivity index (χ0v) is 11.0. The first-order valence-corrected chi connectivity index (χ1v) is 5.73. The third-order valence-corrected chi connectivity index (χ3v) is 2.22. The monoisotopic (exact) mass is 218 g/mol. The molecule has 0 atom stereocenters. The topological polar surface area (TPSA) is 25.8 Å². The van der Waals surface area contributed by atoms with Gasteiger partial charge in [-0.2, -0.15) is 10.2 Å². The van der Waals surface area contributed by atoms with Crippen LogP contribution in [-0.2, 0) is 0 Å². The minimum atomic E-state index is 0.356. The molecular weight excluding hydrogens is 196 g/mol. The van der Waals surface area contributed by atoms with Crippen LogP contribution < -0.4 is 0 Å². The Morgan fingerprint density at radius 1 is 1.00 bits per heavy atom. The molecular formula is C14H22N2. The second-order valence-electron chi connectivity index (χ2n) is 3.56. The molecule has 0 aliphatic carbocycles. The molecule has 0 fully saturated rings. The lowest BCUT2D eigenvalue weighted by Crippen LogP contribution is -2.04. The van der Waals surface area contributed by atoms with Crippen LogP contribution >= 0.6 is 0 Å². The summed E-state index contributed by atoms with van der Waals surface area (Å²) in [6.07, 6.45) is 3.64. The first-order chi connectivity index (χ1) is 7.61. The fourth-order valence-electron chi connectivity index (χ4n) is 1.47. The Hall–Kier alpha value is -1.44. The van der Waals surface area contributed by atoms with E-state index < -0.39 is 0 Å². The highest BCUT2D eigenvalue weighted by atomic mass is 15.1. The van der Waals surface area contributed by atoms with E-state index in [0.29, 0.717) is 5.92 Å². The molecule has 16 heavy (non-hydrogen) atoms. The molecule has 88 valence electrons. The van der Waals surface area contributed by atoms with E-state index in [1.165, 1.54) is 0 Å². The number of nitrogens with zero attached hydrogens (tertiary/aromatic N) is 2. The van der Waals surface area contributed by atoms with Crippen LogP contribution in [0.25, 0.3) is 12.2 Å². The fraction of sp³-hybridized carbons (Fsp3) is 0.429. The van der Waals surface area contributed by atoms with E-state index in [9.17, 15) is 0 Å². The van der Waals surface area contributed by atoms with Gasteiger partial charge in [-0.1, -0.05) is 53.0 Å². The van der Waals surface area contributed by atoms with Gasteiger partial charge in [0.25, 0.3) is 0 Å². The Labute approximate surface area is 99.1 Å². The van der Waals surface area contributed by atoms with Crippen molar-refractivity contribution in [3.05, 3.63) is 35.7 Å². The maximum Gasteiger partial charge on any atom is 0.0734 e. The van der Waals surface area contributed by atoms with Gasteiger partial charge in [-0.3, -0.25) is 0 Å². The molecule has 0 aliphatic heterocycles. The summed E-state index contributed by atoms with van der Waals surface area (Å²) in [5.74, 6) is 0.356. The summed E-state index contributed by atoms with van der Waals surface area (Å²) in [7, 11) is 0. The Kier molecular flexibility index (Phi) is 6.31. The maximum absolute atomic E-state index is 4.19. The van der Waals surface area contributed by atoms with Crippen LogP contribution in [0.5, 0.6) is 0 Å². The fourth-order valence-corrected chi connectivity index (χ4v) is 1.47. The lowest BCUT2D eigenvalue weighted by Gasteiger charge is -2.11. The molecule has 1 aromatic rings. The standard InChI is InChI=1S/C12H16N2.C2H6/c1-6-10-9(5)13-14-12(8(3)4)11(10)7-2;1-2/h6-8H,1-2H2,3-5H3;1-2H3. The maximum atomic E-state index is 4.19. The highest BCUT2D eigenvalue weighted by Crippen LogP contribution is 2.23. The number of rotatable bonds is 3. The van der Waals surface area contributed by atoms with Crippen molar-refractivity contribution in [2.75, 3.05) is 0 Å². The van der Waals surface area contributed by atoms with Gasteiger partial charge < -0.3 is 0 Å². The zero-order valence-electron chi connectivity index (χ0n) is 11.0. The molecule has 2 heteroatoms. The molecule has 1 rings (SSSR count). The predicted molar refractivity (Wildman–Crippen MR) is 72.4 cm³/mol. The van der Waals surface area contributed by atoms with Crippen LogP contribution in [0, 0.1) is 6.92 Å². The first kappa shape index (κ1) is 14.6. The van der Waals surface area contributed by atoms with E-state index in [0.717, 1.165) is 22.5 Å². The summed E-state index contributed by atoms with van der Waals surface area (Å²) in [4.78, 5) is 0. The average Bonchev–Trinajstić information content (AvgIpc) is 2.30. The minimum absolute atomic E-state index is 0.356. The average molecular weight is 218 g/mol. The van der Waals surface area contributed by atoms with Crippen LogP contribution in [0.2, 0.25) is 0 Å². The molecule has 0 spiro atoms. The van der Waals surface area contributed by atoms with Crippen LogP contribution in [0.1, 0.15) is 56.1 Å². The molecule has 1 aromatic heterocycles. The number of aromatic nitrogens is 2. The molecule has 0 amide bonds. The second-order valence-corrected chi connectivity index (χ2v) is 3.56. The normalized spacial score (nSPS) is 9.38. The van der Waals surface area contributed by atoms with Crippen molar-refractivity contribution in [2.24, 2.45) is 0 Å². The first-order valence-electron chi connectivity index (χ1n) is 5.73. The van der Waals surface area contributed by atoms with Gasteiger partial charge in [-0.15, -0.1) is 0 Å². The van der Waals surface area contributed by atoms with Crippen LogP contribution in [0.4, 0.5) is 0 Å². The predicted octanol–water partition coefficient (Wildman–Crippen LogP) is 4.22. The van der Waals surface area contributed by atoms with Crippen molar-refractivity contribution in [1.29, 1.82) is 0 Å². The van der Waals surface area contributed by atoms with Gasteiger partial charge in [-0.25, -0.2) is 0 Å². The lowest BCUT2D eigenvalue weighted by atomic mass is 9.99. The molecule has 0 N–H and O–H groups in total. The van der Waals surface area contributed by atoms with Gasteiger partial charge in [-0.05, 0) is 12.8 Å². The lowest BCUT2D eigenvalue weighted by molar-refractivity contribution is 0.772. The van der Waals surface area contributed by atoms with E-state index in [1.54, 1.807) is 0 Å². The van der Waals surface area contributed by atoms with Gasteiger partial charge >= 0.3 is 0 Å². The molecule has 1 heterocycles. The molecule has 0 saturated carbocycles. The van der Waals surface area contributed by atoms with Gasteiger partial charge in [0.05, 0.1) is 11.4 Å². The summed E-state index contributed by atoms with van der Waals surface area (Å²) in [5, 5.41) is 8.30. The summed E-state index contributed by atoms with van der Waals surface area (Å²) < 4.78 is 0. The minimum Gasteiger partial charge on any atom is -0.155 e. The summed E-state index contributed by atoms with van der Waals surface area (Å²) in [5.41, 5.74) is 3.99. The summed E-state index contributed by atoms with van der Waals surface area (Å²) in [6.45, 7) is 17.7. The van der Waals surface area contributed by atoms with Crippen molar-refractivity contribution in [3.8, 4) is 0 Å². The second kappa shape index (κ2) is 6.94. The smallest absolute Gasteiger partial charge is 0.0734 e. The summed E-state index contributed by atoms with van der Waals surface area (Å²) >= 11 is 0. The van der Waals surface area contributed by atoms with Crippen LogP contribution in [-0.4, -0.2) is 10.2 Å². The molecule has 0 radical (unpaired) electrons. The molecule has 0 aliphatic rings. The Balaban J connectivity index is 0.00000106. The molecule has 2 nitrogen and oxygen atoms in total. The largest absolute Gasteiger partial charge is 0.155 e. The third-order valence-electron chi connectivity index (χ3n) is 2.22. The van der Waals surface area contributed by atoms with Crippen molar-refractivity contribution in [2.45, 2.75) is 40.5 Å². The van der Waals surface area contributed by atoms with Crippen LogP contribution in [0.3, 0.4) is 0 Å². The molecule has 0 unspecified atom stereocenters. The van der Waals surface area contributed by atoms with Crippen molar-refractivity contribution in [3.63, 3.8) is 0 Å². The summed E-state index contributed by atoms with van der Waals surface area (Å²) in [6, 6.07) is 0. The Bertz CT molecular complexity index is 365. The van der Waals surface area contributed by atoms with E-state index in [4.69, 9.17) is 0 Å². The number of hydrogen-bond acceptors (Lipinski definition) is 2. The zero-order chi connectivity index (χ0) is 12.7. The SMILES string of the molecule is C=Cc1c(C)nnc(C(C)C)c1C=C.CC. The number of hydrogen-bond donors (Lipinski definition) is 0. The van der Waals surface area contributed by atoms with E-state index in [2.05, 4.69) is 37.2 Å². The molecule has 0 bridgehead atoms. The van der Waals surface area contributed by atoms with Gasteiger partial charge in [0.2, 0.25) is 0 Å². The van der Waals surface area contributed by atoms with E-state index in [-0.39, 0.29) is 0 Å². The molecule has 0 aromatic carbocycles. The van der Waals surface area contributed by atoms with E-state index in [1.807, 2.05) is 32.9 Å². The Morgan fingerprint density at radius 2 is 1.50 bits per heavy atom. The van der Waals surface area contributed by atoms with Crippen LogP contribution in [0.15, 0.2) is 13.2 Å². The van der Waals surface area contributed by atoms with Gasteiger partial charge in [0.1, 0.15) is 0 Å². The number of aryl methyl sites for hydroxylation is 1. The molecule has 0 saturated heterocycles. The third kappa shape index (κ3) is 3.02. The highest BCUT2D eigenvalue weighted by Gasteiger charge is 2.11. The van der Waals surface area contributed by atoms with Crippen molar-refractivity contribution < 1.29 is 0 Å². The van der Waals surface area contributed by atoms with Gasteiger partial charge in [0, 0.05) is 11.1 Å². The van der Waals surface area contributed by atoms with Crippen molar-refractivity contribution in [1.82, 2.24) is 10.2 Å². The highest BCUT2D eigenvalue weighted by molar-refractivity contribution is 5.66. The van der Waals surface area contributed by atoms with Crippen molar-refractivity contribution >= 4 is 12.2 Å².